The molecule has 166 valence electrons. The van der Waals surface area contributed by atoms with Crippen LogP contribution in [0.4, 0.5) is 18.9 Å². The maximum absolute atomic E-state index is 12.7. The van der Waals surface area contributed by atoms with E-state index in [1.54, 1.807) is 28.2 Å². The number of amides is 2. The summed E-state index contributed by atoms with van der Waals surface area (Å²) in [5.41, 5.74) is 0.0440. The number of benzene rings is 2. The third-order valence-corrected chi connectivity index (χ3v) is 5.51. The van der Waals surface area contributed by atoms with Crippen molar-refractivity contribution in [2.24, 2.45) is 0 Å². The summed E-state index contributed by atoms with van der Waals surface area (Å²) in [5.74, 6) is -3.32. The lowest BCUT2D eigenvalue weighted by Gasteiger charge is -2.22. The number of nitrogens with zero attached hydrogens (tertiary/aromatic N) is 1. The van der Waals surface area contributed by atoms with Crippen molar-refractivity contribution in [3.05, 3.63) is 54.1 Å². The molecule has 1 aliphatic rings. The maximum atomic E-state index is 12.7. The van der Waals surface area contributed by atoms with Gasteiger partial charge in [0, 0.05) is 6.42 Å². The van der Waals surface area contributed by atoms with Crippen LogP contribution in [0.1, 0.15) is 5.56 Å². The minimum Gasteiger partial charge on any atom is -0.506 e. The van der Waals surface area contributed by atoms with Crippen molar-refractivity contribution in [2.75, 3.05) is 10.8 Å². The first kappa shape index (κ1) is 22.2. The van der Waals surface area contributed by atoms with Gasteiger partial charge in [-0.1, -0.05) is 24.3 Å². The highest BCUT2D eigenvalue weighted by Gasteiger charge is 2.40. The maximum Gasteiger partial charge on any atom is 0.471 e. The normalized spacial score (nSPS) is 16.5. The predicted octanol–water partition coefficient (Wildman–Crippen LogP) is 1.20. The van der Waals surface area contributed by atoms with E-state index in [1.807, 2.05) is 0 Å². The Morgan fingerprint density at radius 1 is 1.23 bits per heavy atom. The summed E-state index contributed by atoms with van der Waals surface area (Å²) in [6.45, 7) is -0.531. The van der Waals surface area contributed by atoms with E-state index in [0.717, 1.165) is 6.07 Å². The number of ether oxygens (including phenoxy) is 1. The van der Waals surface area contributed by atoms with Crippen molar-refractivity contribution >= 4 is 27.7 Å². The molecule has 13 heteroatoms. The number of phenols is 1. The molecule has 2 amide bonds. The fourth-order valence-electron chi connectivity index (χ4n) is 2.80. The van der Waals surface area contributed by atoms with Crippen LogP contribution in [-0.2, 0) is 26.2 Å². The van der Waals surface area contributed by atoms with E-state index >= 15 is 0 Å². The monoisotopic (exact) mass is 459 g/mol. The Balaban J connectivity index is 1.82. The van der Waals surface area contributed by atoms with Crippen molar-refractivity contribution in [3.63, 3.8) is 0 Å². The Morgan fingerprint density at radius 2 is 1.90 bits per heavy atom. The van der Waals surface area contributed by atoms with Gasteiger partial charge in [0.25, 0.3) is 5.91 Å². The topological polar surface area (TPSA) is 125 Å². The smallest absolute Gasteiger partial charge is 0.471 e. The molecular formula is C18H16F3N3O6S. The molecule has 0 radical (unpaired) electrons. The molecule has 1 saturated heterocycles. The number of anilines is 1. The van der Waals surface area contributed by atoms with Crippen LogP contribution in [0.3, 0.4) is 0 Å². The number of rotatable bonds is 6. The van der Waals surface area contributed by atoms with E-state index in [2.05, 4.69) is 0 Å². The molecule has 3 rings (SSSR count). The summed E-state index contributed by atoms with van der Waals surface area (Å²) in [4.78, 5) is 22.7. The minimum absolute atomic E-state index is 0.193. The lowest BCUT2D eigenvalue weighted by atomic mass is 10.1. The zero-order chi connectivity index (χ0) is 22.8. The highest BCUT2D eigenvalue weighted by atomic mass is 32.2. The van der Waals surface area contributed by atoms with Gasteiger partial charge in [0.05, 0.1) is 5.69 Å². The van der Waals surface area contributed by atoms with Crippen LogP contribution >= 0.6 is 0 Å². The molecular weight excluding hydrogens is 443 g/mol. The van der Waals surface area contributed by atoms with Crippen molar-refractivity contribution in [1.82, 2.24) is 10.0 Å². The standard InChI is InChI=1S/C18H16F3N3O6S/c19-18(20,21)17(27)22-16(30-12-4-2-1-3-5-12)9-11-6-7-13(14(25)8-11)24-10-15(26)23-31(24,28)29/h1-8,16,25H,9-10H2,(H,22,27)(H,23,26)/t16-/m0/s1. The van der Waals surface area contributed by atoms with Gasteiger partial charge in [0.2, 0.25) is 0 Å². The zero-order valence-corrected chi connectivity index (χ0v) is 16.4. The first-order valence-corrected chi connectivity index (χ1v) is 10.1. The second-order valence-corrected chi connectivity index (χ2v) is 8.05. The van der Waals surface area contributed by atoms with Gasteiger partial charge >= 0.3 is 22.3 Å². The number of para-hydroxylation sites is 1. The number of halogens is 3. The number of carbonyl (C=O) groups is 2. The minimum atomic E-state index is -5.13. The van der Waals surface area contributed by atoms with Crippen LogP contribution in [-0.4, -0.2) is 44.3 Å². The van der Waals surface area contributed by atoms with Crippen LogP contribution < -0.4 is 19.1 Å². The molecule has 3 N–H and O–H groups in total. The largest absolute Gasteiger partial charge is 0.506 e. The summed E-state index contributed by atoms with van der Waals surface area (Å²) in [7, 11) is -4.15. The van der Waals surface area contributed by atoms with Crippen LogP contribution in [0, 0.1) is 0 Å². The molecule has 1 aliphatic heterocycles. The van der Waals surface area contributed by atoms with Crippen molar-refractivity contribution in [3.8, 4) is 11.5 Å². The third-order valence-electron chi connectivity index (χ3n) is 4.12. The van der Waals surface area contributed by atoms with Crippen LogP contribution in [0.2, 0.25) is 0 Å². The molecule has 1 heterocycles. The highest BCUT2D eigenvalue weighted by Crippen LogP contribution is 2.32. The molecule has 0 aromatic heterocycles. The second kappa shape index (κ2) is 8.34. The Hall–Kier alpha value is -3.48. The van der Waals surface area contributed by atoms with Crippen LogP contribution in [0.15, 0.2) is 48.5 Å². The van der Waals surface area contributed by atoms with E-state index in [4.69, 9.17) is 4.74 Å². The Labute approximate surface area is 174 Å². The molecule has 0 spiro atoms. The second-order valence-electron chi connectivity index (χ2n) is 6.45. The van der Waals surface area contributed by atoms with Crippen molar-refractivity contribution in [1.29, 1.82) is 0 Å². The van der Waals surface area contributed by atoms with E-state index in [9.17, 15) is 36.3 Å². The lowest BCUT2D eigenvalue weighted by Crippen LogP contribution is -2.46. The van der Waals surface area contributed by atoms with Gasteiger partial charge in [-0.3, -0.25) is 9.59 Å². The summed E-state index contributed by atoms with van der Waals surface area (Å²) in [6, 6.07) is 11.4. The van der Waals surface area contributed by atoms with E-state index in [0.29, 0.717) is 4.31 Å². The number of phenolic OH excluding ortho intramolecular Hbond substituents is 1. The van der Waals surface area contributed by atoms with Gasteiger partial charge < -0.3 is 15.2 Å². The SMILES string of the molecule is O=C1CN(c2ccc(C[C@@H](NC(=O)C(F)(F)F)Oc3ccccc3)cc2O)S(=O)(=O)N1. The molecule has 9 nitrogen and oxygen atoms in total. The number of hydrogen-bond donors (Lipinski definition) is 3. The molecule has 0 bridgehead atoms. The Bertz CT molecular complexity index is 1090. The van der Waals surface area contributed by atoms with Gasteiger partial charge in [-0.05, 0) is 29.8 Å². The summed E-state index contributed by atoms with van der Waals surface area (Å²) in [6.07, 6.45) is -6.86. The molecule has 31 heavy (non-hydrogen) atoms. The van der Waals surface area contributed by atoms with Gasteiger partial charge in [-0.2, -0.15) is 21.6 Å². The number of aromatic hydroxyl groups is 1. The average molecular weight is 459 g/mol. The number of nitrogens with one attached hydrogen (secondary N) is 2. The van der Waals surface area contributed by atoms with Gasteiger partial charge in [0.15, 0.2) is 6.23 Å². The lowest BCUT2D eigenvalue weighted by molar-refractivity contribution is -0.176. The third kappa shape index (κ3) is 5.36. The summed E-state index contributed by atoms with van der Waals surface area (Å²) < 4.78 is 69.7. The highest BCUT2D eigenvalue weighted by molar-refractivity contribution is 7.92. The molecule has 2 aromatic carbocycles. The fourth-order valence-corrected chi connectivity index (χ4v) is 3.96. The van der Waals surface area contributed by atoms with Gasteiger partial charge in [-0.25, -0.2) is 9.03 Å². The predicted molar refractivity (Wildman–Crippen MR) is 101 cm³/mol. The number of hydrogen-bond acceptors (Lipinski definition) is 6. The first-order valence-electron chi connectivity index (χ1n) is 8.70. The van der Waals surface area contributed by atoms with E-state index in [-0.39, 0.29) is 23.4 Å². The Morgan fingerprint density at radius 3 is 2.45 bits per heavy atom. The molecule has 1 atom stereocenters. The van der Waals surface area contributed by atoms with E-state index in [1.165, 1.54) is 24.3 Å². The number of carbonyl (C=O) groups excluding carboxylic acids is 2. The Kier molecular flexibility index (Phi) is 5.97. The van der Waals surface area contributed by atoms with Gasteiger partial charge in [-0.15, -0.1) is 0 Å². The van der Waals surface area contributed by atoms with Crippen molar-refractivity contribution in [2.45, 2.75) is 18.8 Å². The number of alkyl halides is 3. The zero-order valence-electron chi connectivity index (χ0n) is 15.6. The first-order chi connectivity index (χ1) is 14.5. The summed E-state index contributed by atoms with van der Waals surface area (Å²) in [5, 5.41) is 12.0. The molecule has 0 aliphatic carbocycles. The van der Waals surface area contributed by atoms with Gasteiger partial charge in [0.1, 0.15) is 18.0 Å². The fraction of sp³-hybridized carbons (Fsp3) is 0.222. The molecule has 1 fully saturated rings. The van der Waals surface area contributed by atoms with Crippen LogP contribution in [0.5, 0.6) is 11.5 Å². The summed E-state index contributed by atoms with van der Waals surface area (Å²) >= 11 is 0. The average Bonchev–Trinajstić information content (AvgIpc) is 2.93. The molecule has 2 aromatic rings. The molecule has 0 saturated carbocycles. The van der Waals surface area contributed by atoms with Crippen LogP contribution in [0.25, 0.3) is 0 Å². The quantitative estimate of drug-likeness (QED) is 0.558. The van der Waals surface area contributed by atoms with E-state index < -0.39 is 46.7 Å². The molecule has 0 unspecified atom stereocenters. The van der Waals surface area contributed by atoms with Crippen molar-refractivity contribution < 1.29 is 41.0 Å².